The molecule has 4 N–H and O–H groups in total. The van der Waals surface area contributed by atoms with E-state index in [2.05, 4.69) is 9.97 Å². The van der Waals surface area contributed by atoms with Crippen LogP contribution in [0.2, 0.25) is 0 Å². The molecule has 1 aliphatic carbocycles. The SMILES string of the molecule is O=C1C=c2[nH]cc(-c3c[nH]c4cc(O)c(O)cc34)c2=CC1=O. The van der Waals surface area contributed by atoms with Crippen LogP contribution in [-0.4, -0.2) is 31.7 Å². The summed E-state index contributed by atoms with van der Waals surface area (Å²) in [6.07, 6.45) is 6.01. The average molecular weight is 294 g/mol. The first kappa shape index (κ1) is 12.5. The lowest BCUT2D eigenvalue weighted by atomic mass is 10.0. The van der Waals surface area contributed by atoms with Crippen molar-refractivity contribution in [2.45, 2.75) is 0 Å². The summed E-state index contributed by atoms with van der Waals surface area (Å²) in [6, 6.07) is 2.88. The highest BCUT2D eigenvalue weighted by molar-refractivity contribution is 6.57. The molecule has 0 unspecified atom stereocenters. The van der Waals surface area contributed by atoms with E-state index in [-0.39, 0.29) is 11.5 Å². The number of H-pyrrole nitrogens is 2. The zero-order chi connectivity index (χ0) is 15.4. The van der Waals surface area contributed by atoms with Gasteiger partial charge in [0.15, 0.2) is 11.5 Å². The van der Waals surface area contributed by atoms with Crippen LogP contribution in [0.25, 0.3) is 34.2 Å². The van der Waals surface area contributed by atoms with E-state index in [0.717, 1.165) is 11.1 Å². The number of hydrogen-bond acceptors (Lipinski definition) is 4. The average Bonchev–Trinajstić information content (AvgIpc) is 3.04. The zero-order valence-corrected chi connectivity index (χ0v) is 11.2. The van der Waals surface area contributed by atoms with Crippen molar-refractivity contribution in [3.05, 3.63) is 35.1 Å². The highest BCUT2D eigenvalue weighted by atomic mass is 16.3. The molecule has 0 bridgehead atoms. The van der Waals surface area contributed by atoms with Gasteiger partial charge < -0.3 is 20.2 Å². The van der Waals surface area contributed by atoms with Crippen LogP contribution in [0.1, 0.15) is 0 Å². The van der Waals surface area contributed by atoms with E-state index < -0.39 is 11.6 Å². The molecule has 108 valence electrons. The number of hydrogen-bond donors (Lipinski definition) is 4. The Kier molecular flexibility index (Phi) is 2.33. The minimum atomic E-state index is -0.561. The molecule has 22 heavy (non-hydrogen) atoms. The topological polar surface area (TPSA) is 106 Å². The number of carbonyl (C=O) groups excluding carboxylic acids is 2. The Labute approximate surface area is 123 Å². The molecular formula is C16H10N2O4. The summed E-state index contributed by atoms with van der Waals surface area (Å²) >= 11 is 0. The Morgan fingerprint density at radius 2 is 1.50 bits per heavy atom. The van der Waals surface area contributed by atoms with Gasteiger partial charge in [-0.3, -0.25) is 9.59 Å². The van der Waals surface area contributed by atoms with Gasteiger partial charge in [-0.2, -0.15) is 0 Å². The number of rotatable bonds is 1. The van der Waals surface area contributed by atoms with Crippen molar-refractivity contribution in [3.63, 3.8) is 0 Å². The predicted octanol–water partition coefficient (Wildman–Crippen LogP) is 0.287. The van der Waals surface area contributed by atoms with Crippen LogP contribution < -0.4 is 10.6 Å². The van der Waals surface area contributed by atoms with Crippen LogP contribution in [0.15, 0.2) is 24.5 Å². The van der Waals surface area contributed by atoms with Gasteiger partial charge in [-0.1, -0.05) is 0 Å². The number of Topliss-reactive ketones (excluding diaryl/α,β-unsaturated/α-hetero) is 2. The van der Waals surface area contributed by atoms with Crippen molar-refractivity contribution < 1.29 is 19.8 Å². The number of carbonyl (C=O) groups is 2. The second-order valence-electron chi connectivity index (χ2n) is 5.14. The van der Waals surface area contributed by atoms with Crippen LogP contribution in [0, 0.1) is 0 Å². The Morgan fingerprint density at radius 1 is 0.818 bits per heavy atom. The fourth-order valence-electron chi connectivity index (χ4n) is 2.72. The van der Waals surface area contributed by atoms with Crippen LogP contribution in [0.3, 0.4) is 0 Å². The number of phenolic OH excluding ortho intramolecular Hbond substituents is 2. The van der Waals surface area contributed by atoms with Gasteiger partial charge in [0.2, 0.25) is 11.6 Å². The second kappa shape index (κ2) is 4.11. The summed E-state index contributed by atoms with van der Waals surface area (Å²) in [4.78, 5) is 29.0. The number of nitrogens with one attached hydrogen (secondary N) is 2. The van der Waals surface area contributed by atoms with Gasteiger partial charge >= 0.3 is 0 Å². The third-order valence-electron chi connectivity index (χ3n) is 3.81. The second-order valence-corrected chi connectivity index (χ2v) is 5.14. The molecule has 3 aromatic rings. The number of ketones is 2. The molecule has 0 spiro atoms. The molecule has 0 saturated carbocycles. The number of phenols is 2. The molecule has 0 saturated heterocycles. The van der Waals surface area contributed by atoms with Crippen LogP contribution in [-0.2, 0) is 9.59 Å². The van der Waals surface area contributed by atoms with E-state index in [9.17, 15) is 19.8 Å². The van der Waals surface area contributed by atoms with E-state index in [1.54, 1.807) is 12.4 Å². The highest BCUT2D eigenvalue weighted by Crippen LogP contribution is 2.34. The zero-order valence-electron chi connectivity index (χ0n) is 11.2. The van der Waals surface area contributed by atoms with E-state index in [1.165, 1.54) is 24.3 Å². The predicted molar refractivity (Wildman–Crippen MR) is 79.6 cm³/mol. The first-order chi connectivity index (χ1) is 10.5. The van der Waals surface area contributed by atoms with Gasteiger partial charge in [-0.15, -0.1) is 0 Å². The van der Waals surface area contributed by atoms with Crippen molar-refractivity contribution >= 4 is 34.6 Å². The number of benzene rings is 1. The monoisotopic (exact) mass is 294 g/mol. The standard InChI is InChI=1S/C16H10N2O4/c19-13-1-7-9(5-17-11(7)3-15(13)21)10-6-18-12-4-16(22)14(20)2-8(10)12/h1-6,17-19,21H. The highest BCUT2D eigenvalue weighted by Gasteiger charge is 2.17. The minimum absolute atomic E-state index is 0.210. The normalized spacial score (nSPS) is 13.8. The van der Waals surface area contributed by atoms with Gasteiger partial charge in [-0.25, -0.2) is 0 Å². The first-order valence-corrected chi connectivity index (χ1v) is 6.57. The summed E-state index contributed by atoms with van der Waals surface area (Å²) in [5.41, 5.74) is 2.15. The summed E-state index contributed by atoms with van der Waals surface area (Å²) in [6.45, 7) is 0. The van der Waals surface area contributed by atoms with Crippen LogP contribution >= 0.6 is 0 Å². The molecule has 6 nitrogen and oxygen atoms in total. The lowest BCUT2D eigenvalue weighted by Gasteiger charge is -2.01. The third kappa shape index (κ3) is 1.61. The number of aromatic nitrogens is 2. The largest absolute Gasteiger partial charge is 0.504 e. The van der Waals surface area contributed by atoms with Gasteiger partial charge in [0.1, 0.15) is 0 Å². The summed E-state index contributed by atoms with van der Waals surface area (Å²) in [5.74, 6) is -1.55. The molecule has 1 aromatic carbocycles. The Hall–Kier alpha value is -3.28. The van der Waals surface area contributed by atoms with Crippen LogP contribution in [0.4, 0.5) is 0 Å². The fourth-order valence-corrected chi connectivity index (χ4v) is 2.72. The van der Waals surface area contributed by atoms with Crippen molar-refractivity contribution in [3.8, 4) is 22.6 Å². The smallest absolute Gasteiger partial charge is 0.227 e. The van der Waals surface area contributed by atoms with Crippen LogP contribution in [0.5, 0.6) is 11.5 Å². The molecule has 2 aromatic heterocycles. The third-order valence-corrected chi connectivity index (χ3v) is 3.81. The number of aromatic hydroxyl groups is 2. The van der Waals surface area contributed by atoms with Crippen molar-refractivity contribution in [1.82, 2.24) is 9.97 Å². The maximum absolute atomic E-state index is 11.6. The maximum atomic E-state index is 11.6. The lowest BCUT2D eigenvalue weighted by molar-refractivity contribution is -0.129. The molecule has 0 fully saturated rings. The molecule has 0 radical (unpaired) electrons. The molecule has 6 heteroatoms. The molecular weight excluding hydrogens is 284 g/mol. The Morgan fingerprint density at radius 3 is 2.32 bits per heavy atom. The molecule has 4 rings (SSSR count). The minimum Gasteiger partial charge on any atom is -0.504 e. The summed E-state index contributed by atoms with van der Waals surface area (Å²) in [5, 5.41) is 21.2. The first-order valence-electron chi connectivity index (χ1n) is 6.57. The van der Waals surface area contributed by atoms with Crippen molar-refractivity contribution in [1.29, 1.82) is 0 Å². The van der Waals surface area contributed by atoms with E-state index >= 15 is 0 Å². The van der Waals surface area contributed by atoms with Crippen molar-refractivity contribution in [2.24, 2.45) is 0 Å². The molecule has 0 amide bonds. The fraction of sp³-hybridized carbons (Fsp3) is 0. The molecule has 0 atom stereocenters. The summed E-state index contributed by atoms with van der Waals surface area (Å²) < 4.78 is 0. The van der Waals surface area contributed by atoms with Gasteiger partial charge in [0.05, 0.1) is 5.35 Å². The maximum Gasteiger partial charge on any atom is 0.227 e. The quantitative estimate of drug-likeness (QED) is 0.382. The Bertz CT molecular complexity index is 1090. The van der Waals surface area contributed by atoms with E-state index in [0.29, 0.717) is 21.5 Å². The molecule has 1 aliphatic rings. The number of fused-ring (bicyclic) bond motifs is 2. The van der Waals surface area contributed by atoms with Gasteiger partial charge in [0, 0.05) is 51.8 Å². The van der Waals surface area contributed by atoms with Gasteiger partial charge in [0.25, 0.3) is 0 Å². The van der Waals surface area contributed by atoms with Crippen molar-refractivity contribution in [2.75, 3.05) is 0 Å². The summed E-state index contributed by atoms with van der Waals surface area (Å²) in [7, 11) is 0. The molecule has 0 aliphatic heterocycles. The van der Waals surface area contributed by atoms with E-state index in [4.69, 9.17) is 0 Å². The Balaban J connectivity index is 2.05. The van der Waals surface area contributed by atoms with E-state index in [1.807, 2.05) is 0 Å². The lowest BCUT2D eigenvalue weighted by Crippen LogP contribution is -2.33. The number of aromatic amines is 2. The molecule has 2 heterocycles. The van der Waals surface area contributed by atoms with Gasteiger partial charge in [-0.05, 0) is 12.1 Å².